The van der Waals surface area contributed by atoms with Crippen LogP contribution in [0.4, 0.5) is 5.82 Å². The predicted molar refractivity (Wildman–Crippen MR) is 222 cm³/mol. The maximum absolute atomic E-state index is 13.1. The van der Waals surface area contributed by atoms with Crippen LogP contribution in [-0.4, -0.2) is 61.8 Å². The summed E-state index contributed by atoms with van der Waals surface area (Å²) in [6.45, 7) is 8.85. The molecule has 3 aromatic heterocycles. The summed E-state index contributed by atoms with van der Waals surface area (Å²) < 4.78 is 8.29. The summed E-state index contributed by atoms with van der Waals surface area (Å²) in [6, 6.07) is 20.1. The summed E-state index contributed by atoms with van der Waals surface area (Å²) >= 11 is 7.96. The van der Waals surface area contributed by atoms with Crippen molar-refractivity contribution in [2.45, 2.75) is 97.2 Å². The summed E-state index contributed by atoms with van der Waals surface area (Å²) in [5, 5.41) is 31.5. The number of aromatic nitrogens is 5. The lowest BCUT2D eigenvalue weighted by Gasteiger charge is -2.53. The van der Waals surface area contributed by atoms with Crippen molar-refractivity contribution in [1.29, 1.82) is 5.26 Å². The van der Waals surface area contributed by atoms with Gasteiger partial charge in [0.05, 0.1) is 22.4 Å². The van der Waals surface area contributed by atoms with E-state index in [1.54, 1.807) is 29.5 Å². The second-order valence-corrected chi connectivity index (χ2v) is 18.0. The molecule has 2 aliphatic heterocycles. The van der Waals surface area contributed by atoms with Gasteiger partial charge in [0, 0.05) is 41.2 Å². The predicted octanol–water partition coefficient (Wildman–Crippen LogP) is 8.28. The number of hydrogen-bond donors (Lipinski definition) is 1. The molecule has 2 aromatic carbocycles. The van der Waals surface area contributed by atoms with E-state index in [9.17, 15) is 4.79 Å². The van der Waals surface area contributed by atoms with Gasteiger partial charge in [-0.05, 0) is 125 Å². The Balaban J connectivity index is 0.761. The number of carbonyl (C=O) groups is 1. The van der Waals surface area contributed by atoms with Crippen molar-refractivity contribution in [2.75, 3.05) is 18.0 Å². The van der Waals surface area contributed by atoms with Gasteiger partial charge in [-0.15, -0.1) is 31.7 Å². The van der Waals surface area contributed by atoms with Gasteiger partial charge in [0.15, 0.2) is 17.3 Å². The number of rotatable bonds is 8. The highest BCUT2D eigenvalue weighted by atomic mass is 35.5. The molecule has 1 N–H and O–H groups in total. The van der Waals surface area contributed by atoms with E-state index in [0.29, 0.717) is 39.9 Å². The van der Waals surface area contributed by atoms with Gasteiger partial charge in [-0.3, -0.25) is 14.4 Å². The minimum atomic E-state index is -0.189. The van der Waals surface area contributed by atoms with E-state index in [-0.39, 0.29) is 18.1 Å². The van der Waals surface area contributed by atoms with E-state index in [1.807, 2.05) is 19.1 Å². The monoisotopic (exact) mass is 799 g/mol. The number of aryl methyl sites for hydroxylation is 2. The first-order valence-electron chi connectivity index (χ1n) is 20.1. The highest BCUT2D eigenvalue weighted by molar-refractivity contribution is 7.15. The van der Waals surface area contributed by atoms with Gasteiger partial charge in [0.25, 0.3) is 5.91 Å². The van der Waals surface area contributed by atoms with Crippen LogP contribution in [0.25, 0.3) is 5.00 Å². The molecule has 5 aromatic rings. The van der Waals surface area contributed by atoms with Crippen molar-refractivity contribution >= 4 is 40.4 Å². The van der Waals surface area contributed by atoms with Gasteiger partial charge in [-0.25, -0.2) is 0 Å². The average molecular weight is 800 g/mol. The third kappa shape index (κ3) is 7.43. The van der Waals surface area contributed by atoms with Crippen LogP contribution in [0.2, 0.25) is 5.02 Å². The lowest BCUT2D eigenvalue weighted by atomic mass is 9.57. The molecule has 9 rings (SSSR count). The number of nitrogens with zero attached hydrogens (tertiary/aromatic N) is 8. The molecule has 1 amide bonds. The van der Waals surface area contributed by atoms with Gasteiger partial charge < -0.3 is 15.0 Å². The number of carbonyl (C=O) groups excluding carboxylic acids is 1. The lowest BCUT2D eigenvalue weighted by Crippen LogP contribution is -2.51. The highest BCUT2D eigenvalue weighted by Crippen LogP contribution is 2.52. The first-order chi connectivity index (χ1) is 27.6. The summed E-state index contributed by atoms with van der Waals surface area (Å²) in [6.07, 6.45) is 9.20. The van der Waals surface area contributed by atoms with Crippen LogP contribution in [-0.2, 0) is 13.0 Å². The van der Waals surface area contributed by atoms with Gasteiger partial charge in [-0.2, -0.15) is 5.26 Å². The molecule has 13 heteroatoms. The van der Waals surface area contributed by atoms with Crippen molar-refractivity contribution in [3.05, 3.63) is 110 Å². The molecule has 2 saturated carbocycles. The summed E-state index contributed by atoms with van der Waals surface area (Å²) in [7, 11) is 0. The fourth-order valence-corrected chi connectivity index (χ4v) is 11.0. The molecular weight excluding hydrogens is 754 g/mol. The van der Waals surface area contributed by atoms with E-state index in [2.05, 4.69) is 79.4 Å². The second-order valence-electron chi connectivity index (χ2n) is 16.4. The zero-order chi connectivity index (χ0) is 39.3. The van der Waals surface area contributed by atoms with Crippen LogP contribution in [0, 0.1) is 43.4 Å². The number of hydrogen-bond acceptors (Lipinski definition) is 10. The molecule has 1 saturated heterocycles. The Morgan fingerprint density at radius 1 is 1.02 bits per heavy atom. The van der Waals surface area contributed by atoms with Crippen LogP contribution in [0.3, 0.4) is 0 Å². The zero-order valence-corrected chi connectivity index (χ0v) is 34.2. The summed E-state index contributed by atoms with van der Waals surface area (Å²) in [5.41, 5.74) is 7.13. The van der Waals surface area contributed by atoms with Gasteiger partial charge in [0.1, 0.15) is 29.2 Å². The number of nitriles is 1. The summed E-state index contributed by atoms with van der Waals surface area (Å²) in [5.74, 6) is 3.77. The fourth-order valence-electron chi connectivity index (χ4n) is 9.51. The largest absolute Gasteiger partial charge is 0.490 e. The third-order valence-corrected chi connectivity index (χ3v) is 14.0. The maximum Gasteiger partial charge on any atom is 0.272 e. The molecule has 292 valence electrons. The minimum absolute atomic E-state index is 0.0410. The molecule has 0 unspecified atom stereocenters. The number of fused-ring (bicyclic) bond motifs is 3. The topological polar surface area (TPSA) is 134 Å². The molecular formula is C44H46ClN9O2S. The highest BCUT2D eigenvalue weighted by Gasteiger charge is 2.46. The van der Waals surface area contributed by atoms with E-state index < -0.39 is 0 Å². The molecule has 11 nitrogen and oxygen atoms in total. The minimum Gasteiger partial charge on any atom is -0.490 e. The third-order valence-electron chi connectivity index (χ3n) is 12.5. The Labute approximate surface area is 342 Å². The van der Waals surface area contributed by atoms with Crippen LogP contribution < -0.4 is 15.0 Å². The van der Waals surface area contributed by atoms with Crippen molar-refractivity contribution in [3.63, 3.8) is 0 Å². The fraction of sp³-hybridized carbons (Fsp3) is 0.432. The molecule has 0 atom stereocenters. The van der Waals surface area contributed by atoms with E-state index >= 15 is 0 Å². The number of halogens is 1. The molecule has 3 fully saturated rings. The number of nitrogens with one attached hydrogen (secondary N) is 1. The van der Waals surface area contributed by atoms with Gasteiger partial charge in [-0.1, -0.05) is 35.9 Å². The number of ether oxygens (including phenoxy) is 1. The van der Waals surface area contributed by atoms with E-state index in [0.717, 1.165) is 80.4 Å². The van der Waals surface area contributed by atoms with Crippen LogP contribution in [0.15, 0.2) is 59.6 Å². The Bertz CT molecular complexity index is 2380. The second kappa shape index (κ2) is 15.3. The number of piperidine rings is 1. The maximum atomic E-state index is 13.1. The number of amides is 1. The average Bonchev–Trinajstić information content (AvgIpc) is 3.66. The Morgan fingerprint density at radius 3 is 2.56 bits per heavy atom. The van der Waals surface area contributed by atoms with Crippen LogP contribution in [0.1, 0.15) is 106 Å². The van der Waals surface area contributed by atoms with Gasteiger partial charge >= 0.3 is 0 Å². The zero-order valence-electron chi connectivity index (χ0n) is 32.6. The molecule has 2 aliphatic carbocycles. The van der Waals surface area contributed by atoms with Crippen LogP contribution >= 0.6 is 22.9 Å². The van der Waals surface area contributed by atoms with E-state index in [4.69, 9.17) is 26.6 Å². The number of aliphatic imine (C=N–C) groups is 1. The van der Waals surface area contributed by atoms with Crippen molar-refractivity contribution < 1.29 is 9.53 Å². The Kier molecular flexibility index (Phi) is 10.1. The number of thiophene rings is 1. The molecule has 0 bridgehead atoms. The number of anilines is 1. The smallest absolute Gasteiger partial charge is 0.272 e. The van der Waals surface area contributed by atoms with Gasteiger partial charge in [0.2, 0.25) is 0 Å². The molecule has 4 aliphatic rings. The molecule has 5 heterocycles. The van der Waals surface area contributed by atoms with Crippen molar-refractivity contribution in [1.82, 2.24) is 30.3 Å². The molecule has 1 spiro atoms. The first-order valence-corrected chi connectivity index (χ1v) is 21.3. The Hall–Kier alpha value is -5.12. The van der Waals surface area contributed by atoms with Crippen molar-refractivity contribution in [2.24, 2.45) is 16.3 Å². The van der Waals surface area contributed by atoms with Crippen molar-refractivity contribution in [3.8, 4) is 16.8 Å². The molecule has 0 radical (unpaired) electrons. The molecule has 57 heavy (non-hydrogen) atoms. The summed E-state index contributed by atoms with van der Waals surface area (Å²) in [4.78, 5) is 21.9. The SMILES string of the molecule is Cc1sc2c(c1C)C(c1ccc(CC3CC4(CCCN(c5ccc(C(=O)NC6CCC(Oc7ccc(C#N)c(Cl)c7)CC6)nn5)C4)C3)cc1)=NCc1nnc(C)n1-2. The first kappa shape index (κ1) is 37.5. The number of benzene rings is 2. The lowest BCUT2D eigenvalue weighted by molar-refractivity contribution is 0.0383. The van der Waals surface area contributed by atoms with E-state index in [1.165, 1.54) is 45.8 Å². The Morgan fingerprint density at radius 2 is 1.82 bits per heavy atom. The normalized spacial score (nSPS) is 22.8. The van der Waals surface area contributed by atoms with Crippen LogP contribution in [0.5, 0.6) is 5.75 Å². The quantitative estimate of drug-likeness (QED) is 0.166. The standard InChI is InChI=1S/C44H46ClN9O2S/c1-26-27(2)57-43-40(26)41(47-24-39-52-49-28(3)54(39)43)31-7-5-29(6-8-31)19-30-21-44(22-30)17-4-18-53(25-44)38-16-15-37(50-51-38)42(55)48-33-10-13-34(14-11-33)56-35-12-9-32(23-46)36(45)20-35/h5-9,12,15-16,20,30,33-34H,4,10-11,13-14,17-19,21-22,24-25H2,1-3H3,(H,48,55).